The van der Waals surface area contributed by atoms with Gasteiger partial charge in [0.2, 0.25) is 0 Å². The Kier molecular flexibility index (Phi) is 5.63. The van der Waals surface area contributed by atoms with Crippen LogP contribution in [0.2, 0.25) is 0 Å². The van der Waals surface area contributed by atoms with E-state index in [1.165, 1.54) is 12.1 Å². The first-order chi connectivity index (χ1) is 9.34. The van der Waals surface area contributed by atoms with E-state index in [4.69, 9.17) is 0 Å². The highest BCUT2D eigenvalue weighted by molar-refractivity contribution is 5.16. The predicted molar refractivity (Wildman–Crippen MR) is 79.6 cm³/mol. The maximum absolute atomic E-state index is 4.35. The van der Waals surface area contributed by atoms with Gasteiger partial charge in [-0.2, -0.15) is 0 Å². The summed E-state index contributed by atoms with van der Waals surface area (Å²) in [7, 11) is 2.15. The average molecular weight is 257 g/mol. The van der Waals surface area contributed by atoms with Crippen LogP contribution in [0.5, 0.6) is 0 Å². The lowest BCUT2D eigenvalue weighted by Gasteiger charge is -2.17. The third kappa shape index (κ3) is 5.26. The number of nitrogens with zero attached hydrogens (tertiary/aromatic N) is 2. The molecule has 102 valence electrons. The van der Waals surface area contributed by atoms with Gasteiger partial charge in [-0.25, -0.2) is 0 Å². The Morgan fingerprint density at radius 1 is 1.37 bits per heavy atom. The summed E-state index contributed by atoms with van der Waals surface area (Å²) in [5.74, 6) is 0. The fraction of sp³-hybridized carbons (Fsp3) is 0.438. The number of hydrogen-bond donors (Lipinski definition) is 1. The minimum absolute atomic E-state index is 0.923. The van der Waals surface area contributed by atoms with Crippen LogP contribution in [0, 0.1) is 0 Å². The van der Waals surface area contributed by atoms with Crippen molar-refractivity contribution in [3.8, 4) is 0 Å². The van der Waals surface area contributed by atoms with E-state index < -0.39 is 0 Å². The van der Waals surface area contributed by atoms with E-state index >= 15 is 0 Å². The molecule has 0 unspecified atom stereocenters. The van der Waals surface area contributed by atoms with Gasteiger partial charge in [0.15, 0.2) is 0 Å². The summed E-state index contributed by atoms with van der Waals surface area (Å²) in [5.41, 5.74) is 2.51. The topological polar surface area (TPSA) is 28.2 Å². The number of aromatic nitrogens is 1. The van der Waals surface area contributed by atoms with Gasteiger partial charge in [-0.3, -0.25) is 4.98 Å². The lowest BCUT2D eigenvalue weighted by atomic mass is 10.1. The quantitative estimate of drug-likeness (QED) is 0.761. The van der Waals surface area contributed by atoms with Crippen molar-refractivity contribution in [1.82, 2.24) is 15.2 Å². The second-order valence-corrected chi connectivity index (χ2v) is 5.00. The Morgan fingerprint density at radius 2 is 2.32 bits per heavy atom. The van der Waals surface area contributed by atoms with E-state index in [-0.39, 0.29) is 0 Å². The van der Waals surface area contributed by atoms with Crippen LogP contribution in [-0.4, -0.2) is 30.0 Å². The second kappa shape index (κ2) is 7.74. The molecular formula is C16H23N3. The van der Waals surface area contributed by atoms with Crippen molar-refractivity contribution < 1.29 is 0 Å². The zero-order valence-electron chi connectivity index (χ0n) is 11.7. The van der Waals surface area contributed by atoms with Crippen molar-refractivity contribution >= 4 is 0 Å². The van der Waals surface area contributed by atoms with E-state index in [0.717, 1.165) is 38.2 Å². The highest BCUT2D eigenvalue weighted by Crippen LogP contribution is 2.08. The lowest BCUT2D eigenvalue weighted by molar-refractivity contribution is 0.317. The lowest BCUT2D eigenvalue weighted by Crippen LogP contribution is -2.24. The van der Waals surface area contributed by atoms with Crippen LogP contribution in [-0.2, 0) is 6.54 Å². The predicted octanol–water partition coefficient (Wildman–Crippen LogP) is 2.73. The molecule has 1 aliphatic rings. The van der Waals surface area contributed by atoms with Gasteiger partial charge < -0.3 is 10.2 Å². The minimum Gasteiger partial charge on any atom is -0.388 e. The van der Waals surface area contributed by atoms with Crippen LogP contribution in [0.25, 0.3) is 0 Å². The van der Waals surface area contributed by atoms with Crippen molar-refractivity contribution in [3.63, 3.8) is 0 Å². The highest BCUT2D eigenvalue weighted by atomic mass is 15.1. The molecule has 1 aliphatic carbocycles. The Labute approximate surface area is 116 Å². The van der Waals surface area contributed by atoms with Gasteiger partial charge in [0.25, 0.3) is 0 Å². The van der Waals surface area contributed by atoms with Crippen molar-refractivity contribution in [2.24, 2.45) is 0 Å². The third-order valence-corrected chi connectivity index (χ3v) is 3.24. The monoisotopic (exact) mass is 257 g/mol. The SMILES string of the molecule is CN(CCCNC1=CC=CCC1)Cc1ccccn1. The zero-order valence-corrected chi connectivity index (χ0v) is 11.7. The molecule has 2 rings (SSSR count). The molecule has 0 aliphatic heterocycles. The molecule has 19 heavy (non-hydrogen) atoms. The molecule has 3 heteroatoms. The first-order valence-electron chi connectivity index (χ1n) is 7.02. The molecule has 0 amide bonds. The van der Waals surface area contributed by atoms with Crippen LogP contribution in [0.4, 0.5) is 0 Å². The van der Waals surface area contributed by atoms with Crippen molar-refractivity contribution in [1.29, 1.82) is 0 Å². The Balaban J connectivity index is 1.60. The largest absolute Gasteiger partial charge is 0.388 e. The number of rotatable bonds is 7. The third-order valence-electron chi connectivity index (χ3n) is 3.24. The van der Waals surface area contributed by atoms with Crippen molar-refractivity contribution in [2.75, 3.05) is 20.1 Å². The van der Waals surface area contributed by atoms with E-state index in [9.17, 15) is 0 Å². The molecule has 3 nitrogen and oxygen atoms in total. The van der Waals surface area contributed by atoms with Gasteiger partial charge in [0.1, 0.15) is 0 Å². The molecule has 0 saturated carbocycles. The molecule has 1 heterocycles. The standard InChI is InChI=1S/C16H23N3/c1-19(14-16-10-5-6-11-18-16)13-7-12-17-15-8-3-2-4-9-15/h2-3,5-6,8,10-11,17H,4,7,9,12-14H2,1H3. The van der Waals surface area contributed by atoms with Crippen LogP contribution >= 0.6 is 0 Å². The van der Waals surface area contributed by atoms with Gasteiger partial charge in [0, 0.05) is 25.0 Å². The molecule has 0 aromatic carbocycles. The Bertz CT molecular complexity index is 423. The Hall–Kier alpha value is -1.61. The summed E-state index contributed by atoms with van der Waals surface area (Å²) >= 11 is 0. The smallest absolute Gasteiger partial charge is 0.0543 e. The highest BCUT2D eigenvalue weighted by Gasteiger charge is 2.02. The summed E-state index contributed by atoms with van der Waals surface area (Å²) in [4.78, 5) is 6.66. The summed E-state index contributed by atoms with van der Waals surface area (Å²) in [6.45, 7) is 3.06. The summed E-state index contributed by atoms with van der Waals surface area (Å²) in [6, 6.07) is 6.08. The minimum atomic E-state index is 0.923. The number of allylic oxidation sites excluding steroid dienone is 4. The molecule has 0 bridgehead atoms. The number of pyridine rings is 1. The van der Waals surface area contributed by atoms with Gasteiger partial charge >= 0.3 is 0 Å². The average Bonchev–Trinajstić information content (AvgIpc) is 2.46. The van der Waals surface area contributed by atoms with Crippen molar-refractivity contribution in [3.05, 3.63) is 54.0 Å². The van der Waals surface area contributed by atoms with Crippen LogP contribution in [0.1, 0.15) is 25.0 Å². The second-order valence-electron chi connectivity index (χ2n) is 5.00. The first kappa shape index (κ1) is 13.8. The summed E-state index contributed by atoms with van der Waals surface area (Å²) in [5, 5.41) is 3.51. The van der Waals surface area contributed by atoms with Gasteiger partial charge in [-0.05, 0) is 51.1 Å². The van der Waals surface area contributed by atoms with Crippen LogP contribution in [0.15, 0.2) is 48.3 Å². The molecule has 0 radical (unpaired) electrons. The fourth-order valence-electron chi connectivity index (χ4n) is 2.20. The van der Waals surface area contributed by atoms with E-state index in [2.05, 4.69) is 46.5 Å². The maximum Gasteiger partial charge on any atom is 0.0543 e. The van der Waals surface area contributed by atoms with Gasteiger partial charge in [-0.1, -0.05) is 18.2 Å². The van der Waals surface area contributed by atoms with Crippen LogP contribution in [0.3, 0.4) is 0 Å². The van der Waals surface area contributed by atoms with Crippen LogP contribution < -0.4 is 5.32 Å². The van der Waals surface area contributed by atoms with E-state index in [1.54, 1.807) is 0 Å². The van der Waals surface area contributed by atoms with E-state index in [1.807, 2.05) is 18.3 Å². The Morgan fingerprint density at radius 3 is 3.05 bits per heavy atom. The summed E-state index contributed by atoms with van der Waals surface area (Å²) in [6.07, 6.45) is 11.9. The molecule has 0 spiro atoms. The zero-order chi connectivity index (χ0) is 13.3. The first-order valence-corrected chi connectivity index (χ1v) is 7.02. The molecule has 1 aromatic heterocycles. The molecule has 1 aromatic rings. The summed E-state index contributed by atoms with van der Waals surface area (Å²) < 4.78 is 0. The van der Waals surface area contributed by atoms with Gasteiger partial charge in [-0.15, -0.1) is 0 Å². The van der Waals surface area contributed by atoms with Crippen molar-refractivity contribution in [2.45, 2.75) is 25.8 Å². The molecular weight excluding hydrogens is 234 g/mol. The molecule has 0 fully saturated rings. The fourth-order valence-corrected chi connectivity index (χ4v) is 2.20. The number of hydrogen-bond acceptors (Lipinski definition) is 3. The molecule has 1 N–H and O–H groups in total. The van der Waals surface area contributed by atoms with Gasteiger partial charge in [0.05, 0.1) is 5.69 Å². The molecule has 0 atom stereocenters. The van der Waals surface area contributed by atoms with E-state index in [0.29, 0.717) is 0 Å². The molecule has 0 saturated heterocycles. The maximum atomic E-state index is 4.35. The normalized spacial score (nSPS) is 14.5. The number of nitrogens with one attached hydrogen (secondary N) is 1.